The Morgan fingerprint density at radius 2 is 1.89 bits per heavy atom. The van der Waals surface area contributed by atoms with Crippen molar-refractivity contribution < 1.29 is 9.53 Å². The van der Waals surface area contributed by atoms with E-state index in [0.29, 0.717) is 13.0 Å². The van der Waals surface area contributed by atoms with Crippen LogP contribution in [0, 0.1) is 0 Å². The summed E-state index contributed by atoms with van der Waals surface area (Å²) >= 11 is 3.51. The lowest BCUT2D eigenvalue weighted by molar-refractivity contribution is 0.0994. The number of ketones is 1. The molecule has 0 bridgehead atoms. The van der Waals surface area contributed by atoms with Gasteiger partial charge in [0.2, 0.25) is 0 Å². The molecule has 0 radical (unpaired) electrons. The SMILES string of the molecule is O=C1CCc2c(OCc3ccccc3Br)cccc21. The number of ether oxygens (including phenoxy) is 1. The highest BCUT2D eigenvalue weighted by Gasteiger charge is 2.22. The van der Waals surface area contributed by atoms with Gasteiger partial charge in [0.1, 0.15) is 12.4 Å². The molecule has 2 aromatic carbocycles. The molecule has 19 heavy (non-hydrogen) atoms. The zero-order valence-corrected chi connectivity index (χ0v) is 11.9. The number of Topliss-reactive ketones (excluding diaryl/α,β-unsaturated/α-hetero) is 1. The monoisotopic (exact) mass is 316 g/mol. The van der Waals surface area contributed by atoms with Crippen molar-refractivity contribution in [2.24, 2.45) is 0 Å². The first-order valence-corrected chi connectivity index (χ1v) is 7.06. The molecular weight excluding hydrogens is 304 g/mol. The summed E-state index contributed by atoms with van der Waals surface area (Å²) in [6.07, 6.45) is 1.39. The Kier molecular flexibility index (Phi) is 3.38. The van der Waals surface area contributed by atoms with Crippen LogP contribution in [0.15, 0.2) is 46.9 Å². The van der Waals surface area contributed by atoms with E-state index >= 15 is 0 Å². The number of fused-ring (bicyclic) bond motifs is 1. The second kappa shape index (κ2) is 5.17. The Morgan fingerprint density at radius 3 is 2.74 bits per heavy atom. The minimum atomic E-state index is 0.223. The first-order chi connectivity index (χ1) is 9.25. The standard InChI is InChI=1S/C16H13BrO2/c17-14-6-2-1-4-11(14)10-19-16-7-3-5-12-13(16)8-9-15(12)18/h1-7H,8-10H2. The summed E-state index contributed by atoms with van der Waals surface area (Å²) in [6, 6.07) is 13.7. The van der Waals surface area contributed by atoms with Gasteiger partial charge in [-0.25, -0.2) is 0 Å². The summed E-state index contributed by atoms with van der Waals surface area (Å²) in [5.41, 5.74) is 2.98. The minimum Gasteiger partial charge on any atom is -0.489 e. The van der Waals surface area contributed by atoms with Gasteiger partial charge in [-0.2, -0.15) is 0 Å². The zero-order valence-electron chi connectivity index (χ0n) is 10.4. The van der Waals surface area contributed by atoms with Crippen molar-refractivity contribution in [2.45, 2.75) is 19.4 Å². The lowest BCUT2D eigenvalue weighted by Gasteiger charge is -2.11. The first kappa shape index (κ1) is 12.4. The average molecular weight is 317 g/mol. The molecule has 0 amide bonds. The molecule has 0 spiro atoms. The van der Waals surface area contributed by atoms with Crippen molar-refractivity contribution in [1.82, 2.24) is 0 Å². The highest BCUT2D eigenvalue weighted by molar-refractivity contribution is 9.10. The largest absolute Gasteiger partial charge is 0.489 e. The van der Waals surface area contributed by atoms with Crippen molar-refractivity contribution in [3.05, 3.63) is 63.6 Å². The lowest BCUT2D eigenvalue weighted by atomic mass is 10.1. The lowest BCUT2D eigenvalue weighted by Crippen LogP contribution is -1.99. The minimum absolute atomic E-state index is 0.223. The fraction of sp³-hybridized carbons (Fsp3) is 0.188. The molecule has 96 valence electrons. The number of hydrogen-bond donors (Lipinski definition) is 0. The Hall–Kier alpha value is -1.61. The fourth-order valence-electron chi connectivity index (χ4n) is 2.36. The van der Waals surface area contributed by atoms with E-state index in [4.69, 9.17) is 4.74 Å². The van der Waals surface area contributed by atoms with E-state index in [9.17, 15) is 4.79 Å². The summed E-state index contributed by atoms with van der Waals surface area (Å²) < 4.78 is 6.92. The summed E-state index contributed by atoms with van der Waals surface area (Å²) in [5, 5.41) is 0. The third kappa shape index (κ3) is 2.43. The van der Waals surface area contributed by atoms with Gasteiger partial charge in [-0.3, -0.25) is 4.79 Å². The van der Waals surface area contributed by atoms with Crippen molar-refractivity contribution >= 4 is 21.7 Å². The van der Waals surface area contributed by atoms with Crippen LogP contribution < -0.4 is 4.74 Å². The van der Waals surface area contributed by atoms with Crippen LogP contribution in [0.4, 0.5) is 0 Å². The van der Waals surface area contributed by atoms with Gasteiger partial charge in [-0.05, 0) is 18.6 Å². The van der Waals surface area contributed by atoms with E-state index in [-0.39, 0.29) is 5.78 Å². The van der Waals surface area contributed by atoms with E-state index in [0.717, 1.165) is 33.3 Å². The topological polar surface area (TPSA) is 26.3 Å². The van der Waals surface area contributed by atoms with Gasteiger partial charge < -0.3 is 4.74 Å². The number of halogens is 1. The Labute approximate surface area is 120 Å². The van der Waals surface area contributed by atoms with Crippen LogP contribution in [0.1, 0.15) is 27.9 Å². The summed E-state index contributed by atoms with van der Waals surface area (Å²) in [7, 11) is 0. The summed E-state index contributed by atoms with van der Waals surface area (Å²) in [4.78, 5) is 11.7. The Morgan fingerprint density at radius 1 is 1.05 bits per heavy atom. The molecule has 0 aliphatic heterocycles. The maximum Gasteiger partial charge on any atom is 0.163 e. The quantitative estimate of drug-likeness (QED) is 0.850. The van der Waals surface area contributed by atoms with Crippen LogP contribution in [0.25, 0.3) is 0 Å². The highest BCUT2D eigenvalue weighted by atomic mass is 79.9. The molecular formula is C16H13BrO2. The molecule has 0 N–H and O–H groups in total. The number of rotatable bonds is 3. The predicted molar refractivity (Wildman–Crippen MR) is 77.6 cm³/mol. The van der Waals surface area contributed by atoms with E-state index < -0.39 is 0 Å². The van der Waals surface area contributed by atoms with Gasteiger partial charge in [0.05, 0.1) is 0 Å². The highest BCUT2D eigenvalue weighted by Crippen LogP contribution is 2.31. The van der Waals surface area contributed by atoms with Gasteiger partial charge in [0.25, 0.3) is 0 Å². The molecule has 0 unspecified atom stereocenters. The average Bonchev–Trinajstić information content (AvgIpc) is 2.81. The van der Waals surface area contributed by atoms with E-state index in [1.165, 1.54) is 0 Å². The first-order valence-electron chi connectivity index (χ1n) is 6.27. The Balaban J connectivity index is 1.82. The number of carbonyl (C=O) groups is 1. The molecule has 3 heteroatoms. The smallest absolute Gasteiger partial charge is 0.163 e. The van der Waals surface area contributed by atoms with E-state index in [2.05, 4.69) is 15.9 Å². The van der Waals surface area contributed by atoms with Gasteiger partial charge in [0, 0.05) is 27.6 Å². The second-order valence-electron chi connectivity index (χ2n) is 4.59. The molecule has 0 aromatic heterocycles. The van der Waals surface area contributed by atoms with Gasteiger partial charge in [0.15, 0.2) is 5.78 Å². The van der Waals surface area contributed by atoms with Crippen LogP contribution in [0.2, 0.25) is 0 Å². The van der Waals surface area contributed by atoms with Gasteiger partial charge >= 0.3 is 0 Å². The maximum atomic E-state index is 11.7. The van der Waals surface area contributed by atoms with Crippen LogP contribution in [0.3, 0.4) is 0 Å². The molecule has 0 heterocycles. The van der Waals surface area contributed by atoms with Crippen molar-refractivity contribution in [3.63, 3.8) is 0 Å². The van der Waals surface area contributed by atoms with E-state index in [1.807, 2.05) is 42.5 Å². The second-order valence-corrected chi connectivity index (χ2v) is 5.44. The third-order valence-electron chi connectivity index (χ3n) is 3.38. The van der Waals surface area contributed by atoms with Crippen molar-refractivity contribution in [1.29, 1.82) is 0 Å². The van der Waals surface area contributed by atoms with Crippen molar-refractivity contribution in [3.8, 4) is 5.75 Å². The van der Waals surface area contributed by atoms with Crippen LogP contribution in [0.5, 0.6) is 5.75 Å². The predicted octanol–water partition coefficient (Wildman–Crippen LogP) is 4.16. The molecule has 1 aliphatic rings. The van der Waals surface area contributed by atoms with E-state index in [1.54, 1.807) is 0 Å². The molecule has 1 aliphatic carbocycles. The van der Waals surface area contributed by atoms with Gasteiger partial charge in [-0.1, -0.05) is 46.3 Å². The number of hydrogen-bond acceptors (Lipinski definition) is 2. The molecule has 0 saturated heterocycles. The zero-order chi connectivity index (χ0) is 13.2. The normalized spacial score (nSPS) is 13.4. The summed E-state index contributed by atoms with van der Waals surface area (Å²) in [6.45, 7) is 0.506. The Bertz CT molecular complexity index is 634. The number of benzene rings is 2. The number of carbonyl (C=O) groups excluding carboxylic acids is 1. The summed E-state index contributed by atoms with van der Waals surface area (Å²) in [5.74, 6) is 1.06. The van der Waals surface area contributed by atoms with Crippen LogP contribution in [-0.2, 0) is 13.0 Å². The molecule has 0 fully saturated rings. The third-order valence-corrected chi connectivity index (χ3v) is 4.15. The van der Waals surface area contributed by atoms with Crippen LogP contribution in [-0.4, -0.2) is 5.78 Å². The molecule has 3 rings (SSSR count). The molecule has 2 aromatic rings. The molecule has 2 nitrogen and oxygen atoms in total. The van der Waals surface area contributed by atoms with Crippen LogP contribution >= 0.6 is 15.9 Å². The van der Waals surface area contributed by atoms with Gasteiger partial charge in [-0.15, -0.1) is 0 Å². The molecule has 0 saturated carbocycles. The van der Waals surface area contributed by atoms with Crippen molar-refractivity contribution in [2.75, 3.05) is 0 Å². The fourth-order valence-corrected chi connectivity index (χ4v) is 2.76. The molecule has 0 atom stereocenters. The maximum absolute atomic E-state index is 11.7.